The SMILES string of the molecule is CCn1nccc1C(=O)NC(c1cn2nc(CC3C[C@@H](C(F)(F)F)CNC3=O)ccc2n1)C1CCC(F)(F)CC1. The maximum atomic E-state index is 13.9. The number of aromatic nitrogens is 5. The van der Waals surface area contributed by atoms with Gasteiger partial charge in [0, 0.05) is 44.5 Å². The van der Waals surface area contributed by atoms with Gasteiger partial charge in [-0.15, -0.1) is 0 Å². The van der Waals surface area contributed by atoms with Gasteiger partial charge in [-0.05, 0) is 50.3 Å². The molecule has 2 aliphatic rings. The molecule has 0 aromatic carbocycles. The van der Waals surface area contributed by atoms with Gasteiger partial charge in [-0.1, -0.05) is 0 Å². The van der Waals surface area contributed by atoms with E-state index in [2.05, 4.69) is 25.8 Å². The molecule has 2 fully saturated rings. The Kier molecular flexibility index (Phi) is 7.53. The van der Waals surface area contributed by atoms with Crippen molar-refractivity contribution in [3.63, 3.8) is 0 Å². The van der Waals surface area contributed by atoms with E-state index in [1.54, 1.807) is 24.4 Å². The fraction of sp³-hybridized carbons (Fsp3) is 0.577. The van der Waals surface area contributed by atoms with E-state index in [4.69, 9.17) is 0 Å². The molecule has 5 rings (SSSR count). The minimum Gasteiger partial charge on any atom is -0.355 e. The fourth-order valence-electron chi connectivity index (χ4n) is 5.60. The number of nitrogens with zero attached hydrogens (tertiary/aromatic N) is 5. The first kappa shape index (κ1) is 28.0. The zero-order valence-corrected chi connectivity index (χ0v) is 21.8. The number of hydrogen-bond donors (Lipinski definition) is 2. The third kappa shape index (κ3) is 5.94. The van der Waals surface area contributed by atoms with Crippen LogP contribution in [0.4, 0.5) is 22.0 Å². The number of alkyl halides is 5. The lowest BCUT2D eigenvalue weighted by molar-refractivity contribution is -0.183. The average molecular weight is 568 g/mol. The van der Waals surface area contributed by atoms with E-state index in [-0.39, 0.29) is 44.4 Å². The molecule has 4 heterocycles. The van der Waals surface area contributed by atoms with Crippen molar-refractivity contribution in [2.75, 3.05) is 6.54 Å². The minimum atomic E-state index is -4.40. The molecule has 40 heavy (non-hydrogen) atoms. The van der Waals surface area contributed by atoms with Gasteiger partial charge >= 0.3 is 6.18 Å². The van der Waals surface area contributed by atoms with Crippen molar-refractivity contribution in [2.45, 2.75) is 70.1 Å². The van der Waals surface area contributed by atoms with Gasteiger partial charge in [-0.3, -0.25) is 14.3 Å². The van der Waals surface area contributed by atoms with E-state index in [9.17, 15) is 31.5 Å². The van der Waals surface area contributed by atoms with E-state index < -0.39 is 48.3 Å². The van der Waals surface area contributed by atoms with Crippen molar-refractivity contribution in [1.29, 1.82) is 0 Å². The molecular formula is C26H30F5N7O2. The van der Waals surface area contributed by atoms with Gasteiger partial charge < -0.3 is 10.6 Å². The van der Waals surface area contributed by atoms with E-state index in [1.807, 2.05) is 6.92 Å². The van der Waals surface area contributed by atoms with Crippen LogP contribution in [0.25, 0.3) is 5.65 Å². The first-order valence-electron chi connectivity index (χ1n) is 13.3. The third-order valence-electron chi connectivity index (χ3n) is 7.86. The van der Waals surface area contributed by atoms with Crippen molar-refractivity contribution < 1.29 is 31.5 Å². The maximum Gasteiger partial charge on any atom is 0.393 e. The number of amides is 2. The lowest BCUT2D eigenvalue weighted by atomic mass is 9.81. The Morgan fingerprint density at radius 1 is 1.23 bits per heavy atom. The van der Waals surface area contributed by atoms with E-state index in [0.717, 1.165) is 0 Å². The molecule has 216 valence electrons. The van der Waals surface area contributed by atoms with Gasteiger partial charge in [0.25, 0.3) is 5.91 Å². The molecule has 2 amide bonds. The van der Waals surface area contributed by atoms with Crippen molar-refractivity contribution >= 4 is 17.5 Å². The summed E-state index contributed by atoms with van der Waals surface area (Å²) in [5.74, 6) is -6.40. The molecule has 3 aromatic heterocycles. The van der Waals surface area contributed by atoms with Gasteiger partial charge in [-0.25, -0.2) is 18.3 Å². The number of piperidine rings is 1. The second-order valence-electron chi connectivity index (χ2n) is 10.6. The number of halogens is 5. The molecule has 2 unspecified atom stereocenters. The Balaban J connectivity index is 1.39. The molecule has 14 heteroatoms. The summed E-state index contributed by atoms with van der Waals surface area (Å²) in [6.07, 6.45) is -1.82. The molecule has 1 saturated carbocycles. The lowest BCUT2D eigenvalue weighted by Crippen LogP contribution is -2.47. The third-order valence-corrected chi connectivity index (χ3v) is 7.86. The summed E-state index contributed by atoms with van der Waals surface area (Å²) in [5.41, 5.74) is 1.59. The first-order chi connectivity index (χ1) is 18.9. The van der Waals surface area contributed by atoms with Crippen LogP contribution in [0, 0.1) is 17.8 Å². The standard InChI is InChI=1S/C26H30F5N7O2/c1-2-37-20(7-10-33-37)24(40)35-22(15-5-8-25(27,28)9-6-15)19-14-38-21(34-19)4-3-18(36-38)12-16-11-17(26(29,30)31)13-32-23(16)39/h3-4,7,10,14-17,22H,2,5-6,8-9,11-13H2,1H3,(H,32,39)(H,35,40)/t16?,17-,22?/m1/s1. The molecule has 0 radical (unpaired) electrons. The summed E-state index contributed by atoms with van der Waals surface area (Å²) in [7, 11) is 0. The normalized spacial score (nSPS) is 22.7. The van der Waals surface area contributed by atoms with Gasteiger partial charge in [0.1, 0.15) is 5.69 Å². The maximum absolute atomic E-state index is 13.9. The van der Waals surface area contributed by atoms with E-state index in [0.29, 0.717) is 29.3 Å². The van der Waals surface area contributed by atoms with Gasteiger partial charge in [0.15, 0.2) is 5.65 Å². The topological polar surface area (TPSA) is 106 Å². The van der Waals surface area contributed by atoms with Crippen molar-refractivity contribution in [3.8, 4) is 0 Å². The van der Waals surface area contributed by atoms with Crippen LogP contribution in [0.1, 0.15) is 66.9 Å². The number of hydrogen-bond acceptors (Lipinski definition) is 5. The van der Waals surface area contributed by atoms with Crippen LogP contribution >= 0.6 is 0 Å². The molecule has 2 N–H and O–H groups in total. The highest BCUT2D eigenvalue weighted by Crippen LogP contribution is 2.41. The zero-order valence-electron chi connectivity index (χ0n) is 21.8. The van der Waals surface area contributed by atoms with Crippen LogP contribution in [-0.2, 0) is 17.8 Å². The van der Waals surface area contributed by atoms with Gasteiger partial charge in [-0.2, -0.15) is 23.4 Å². The quantitative estimate of drug-likeness (QED) is 0.419. The molecule has 1 aliphatic carbocycles. The van der Waals surface area contributed by atoms with E-state index in [1.165, 1.54) is 15.4 Å². The Labute approximate surface area is 226 Å². The number of carbonyl (C=O) groups is 2. The van der Waals surface area contributed by atoms with Crippen molar-refractivity contribution in [3.05, 3.63) is 47.7 Å². The monoisotopic (exact) mass is 567 g/mol. The summed E-state index contributed by atoms with van der Waals surface area (Å²) in [6, 6.07) is 4.14. The van der Waals surface area contributed by atoms with Crippen LogP contribution in [-0.4, -0.2) is 54.8 Å². The molecule has 0 bridgehead atoms. The van der Waals surface area contributed by atoms with Crippen LogP contribution in [0.5, 0.6) is 0 Å². The predicted octanol–water partition coefficient (Wildman–Crippen LogP) is 4.10. The number of nitrogens with one attached hydrogen (secondary N) is 2. The second kappa shape index (κ2) is 10.8. The van der Waals surface area contributed by atoms with Crippen LogP contribution in [0.3, 0.4) is 0 Å². The number of aryl methyl sites for hydroxylation is 1. The summed E-state index contributed by atoms with van der Waals surface area (Å²) in [6.45, 7) is 1.88. The molecule has 9 nitrogen and oxygen atoms in total. The van der Waals surface area contributed by atoms with Gasteiger partial charge in [0.2, 0.25) is 11.8 Å². The minimum absolute atomic E-state index is 0.0146. The molecule has 3 aromatic rings. The summed E-state index contributed by atoms with van der Waals surface area (Å²) in [5, 5.41) is 13.9. The molecule has 1 saturated heterocycles. The predicted molar refractivity (Wildman–Crippen MR) is 132 cm³/mol. The Morgan fingerprint density at radius 3 is 2.67 bits per heavy atom. The molecular weight excluding hydrogens is 537 g/mol. The number of carbonyl (C=O) groups excluding carboxylic acids is 2. The summed E-state index contributed by atoms with van der Waals surface area (Å²) in [4.78, 5) is 30.0. The largest absolute Gasteiger partial charge is 0.393 e. The van der Waals surface area contributed by atoms with Gasteiger partial charge in [0.05, 0.1) is 29.5 Å². The highest BCUT2D eigenvalue weighted by molar-refractivity contribution is 5.92. The molecule has 1 aliphatic heterocycles. The Hall–Kier alpha value is -3.58. The van der Waals surface area contributed by atoms with Crippen LogP contribution in [0.2, 0.25) is 0 Å². The zero-order chi connectivity index (χ0) is 28.7. The van der Waals surface area contributed by atoms with E-state index >= 15 is 0 Å². The Bertz CT molecular complexity index is 1380. The molecule has 0 spiro atoms. The Morgan fingerprint density at radius 2 is 1.98 bits per heavy atom. The highest BCUT2D eigenvalue weighted by atomic mass is 19.4. The second-order valence-corrected chi connectivity index (χ2v) is 10.6. The van der Waals surface area contributed by atoms with Crippen LogP contribution in [0.15, 0.2) is 30.6 Å². The summed E-state index contributed by atoms with van der Waals surface area (Å²) < 4.78 is 70.5. The highest BCUT2D eigenvalue weighted by Gasteiger charge is 2.45. The average Bonchev–Trinajstić information content (AvgIpc) is 3.55. The smallest absolute Gasteiger partial charge is 0.355 e. The first-order valence-corrected chi connectivity index (χ1v) is 13.3. The lowest BCUT2D eigenvalue weighted by Gasteiger charge is -2.33. The molecule has 3 atom stereocenters. The summed E-state index contributed by atoms with van der Waals surface area (Å²) >= 11 is 0. The number of fused-ring (bicyclic) bond motifs is 1. The number of imidazole rings is 1. The number of rotatable bonds is 7. The van der Waals surface area contributed by atoms with Crippen LogP contribution < -0.4 is 10.6 Å². The van der Waals surface area contributed by atoms with Crippen molar-refractivity contribution in [2.24, 2.45) is 17.8 Å². The van der Waals surface area contributed by atoms with Crippen molar-refractivity contribution in [1.82, 2.24) is 35.0 Å². The fourth-order valence-corrected chi connectivity index (χ4v) is 5.60.